The lowest BCUT2D eigenvalue weighted by atomic mass is 10.5. The number of hydrogen-bond donors (Lipinski definition) is 1. The molecular weight excluding hydrogens is 184 g/mol. The number of ether oxygens (including phenoxy) is 1. The highest BCUT2D eigenvalue weighted by atomic mass is 16.5. The van der Waals surface area contributed by atoms with Crippen molar-refractivity contribution in [2.24, 2.45) is 0 Å². The van der Waals surface area contributed by atoms with Crippen molar-refractivity contribution in [3.8, 4) is 0 Å². The molecule has 0 bridgehead atoms. The van der Waals surface area contributed by atoms with Crippen LogP contribution in [0.4, 0.5) is 0 Å². The monoisotopic (exact) mass is 198 g/mol. The van der Waals surface area contributed by atoms with Crippen LogP contribution in [0.5, 0.6) is 0 Å². The van der Waals surface area contributed by atoms with Crippen LogP contribution in [0.15, 0.2) is 12.4 Å². The van der Waals surface area contributed by atoms with Gasteiger partial charge in [0.15, 0.2) is 0 Å². The Labute approximate surface area is 82.2 Å². The Morgan fingerprint density at radius 2 is 2.50 bits per heavy atom. The molecule has 0 saturated carbocycles. The lowest BCUT2D eigenvalue weighted by Gasteiger charge is -2.04. The second-order valence-electron chi connectivity index (χ2n) is 2.65. The van der Waals surface area contributed by atoms with Crippen molar-refractivity contribution in [2.45, 2.75) is 13.5 Å². The van der Waals surface area contributed by atoms with Crippen molar-refractivity contribution in [2.75, 3.05) is 19.8 Å². The summed E-state index contributed by atoms with van der Waals surface area (Å²) in [5.74, 6) is -0.105. The third-order valence-electron chi connectivity index (χ3n) is 1.57. The van der Waals surface area contributed by atoms with Crippen molar-refractivity contribution < 1.29 is 9.53 Å². The molecule has 1 heterocycles. The third kappa shape index (κ3) is 3.99. The maximum atomic E-state index is 11.0. The van der Waals surface area contributed by atoms with Gasteiger partial charge in [-0.25, -0.2) is 0 Å². The highest BCUT2D eigenvalue weighted by Crippen LogP contribution is 1.79. The van der Waals surface area contributed by atoms with Gasteiger partial charge in [0.05, 0.1) is 12.7 Å². The first-order chi connectivity index (χ1) is 6.83. The van der Waals surface area contributed by atoms with Crippen LogP contribution < -0.4 is 5.32 Å². The topological polar surface area (TPSA) is 69.0 Å². The number of aromatic nitrogens is 3. The number of nitrogens with one attached hydrogen (secondary N) is 1. The second-order valence-corrected chi connectivity index (χ2v) is 2.65. The Hall–Kier alpha value is -1.43. The molecule has 1 aromatic heterocycles. The van der Waals surface area contributed by atoms with Crippen molar-refractivity contribution in [3.05, 3.63) is 12.4 Å². The van der Waals surface area contributed by atoms with Crippen LogP contribution in [-0.2, 0) is 16.1 Å². The fourth-order valence-corrected chi connectivity index (χ4v) is 0.908. The van der Waals surface area contributed by atoms with Crippen molar-refractivity contribution in [1.82, 2.24) is 20.3 Å². The molecule has 78 valence electrons. The molecule has 0 aliphatic carbocycles. The van der Waals surface area contributed by atoms with Crippen molar-refractivity contribution >= 4 is 5.91 Å². The van der Waals surface area contributed by atoms with Gasteiger partial charge in [-0.2, -0.15) is 0 Å². The number of nitrogens with zero attached hydrogens (tertiary/aromatic N) is 3. The Morgan fingerprint density at radius 1 is 1.64 bits per heavy atom. The van der Waals surface area contributed by atoms with Crippen molar-refractivity contribution in [3.63, 3.8) is 0 Å². The zero-order valence-electron chi connectivity index (χ0n) is 8.14. The van der Waals surface area contributed by atoms with Crippen LogP contribution in [-0.4, -0.2) is 40.7 Å². The molecule has 0 radical (unpaired) electrons. The number of rotatable bonds is 6. The molecule has 6 heteroatoms. The van der Waals surface area contributed by atoms with E-state index in [9.17, 15) is 4.79 Å². The average Bonchev–Trinajstić information content (AvgIpc) is 2.67. The highest BCUT2D eigenvalue weighted by Gasteiger charge is 1.99. The Morgan fingerprint density at radius 3 is 3.14 bits per heavy atom. The van der Waals surface area contributed by atoms with Gasteiger partial charge < -0.3 is 10.1 Å². The summed E-state index contributed by atoms with van der Waals surface area (Å²) < 4.78 is 6.59. The smallest absolute Gasteiger partial charge is 0.246 e. The molecule has 1 aromatic rings. The Kier molecular flexibility index (Phi) is 4.63. The highest BCUT2D eigenvalue weighted by molar-refractivity contribution is 5.77. The van der Waals surface area contributed by atoms with Crippen LogP contribution in [0, 0.1) is 0 Å². The summed E-state index contributed by atoms with van der Waals surface area (Å²) in [5, 5.41) is 10.1. The van der Waals surface area contributed by atoms with E-state index in [1.54, 1.807) is 17.1 Å². The van der Waals surface area contributed by atoms with E-state index in [4.69, 9.17) is 4.74 Å². The predicted molar refractivity (Wildman–Crippen MR) is 49.5 cm³/mol. The van der Waals surface area contributed by atoms with Crippen LogP contribution in [0.1, 0.15) is 6.92 Å². The normalized spacial score (nSPS) is 10.1. The molecule has 14 heavy (non-hydrogen) atoms. The molecule has 0 saturated heterocycles. The second kappa shape index (κ2) is 6.09. The molecule has 0 aliphatic rings. The van der Waals surface area contributed by atoms with Gasteiger partial charge in [0.2, 0.25) is 5.91 Å². The summed E-state index contributed by atoms with van der Waals surface area (Å²) in [6.45, 7) is 3.68. The van der Waals surface area contributed by atoms with Crippen LogP contribution in [0.3, 0.4) is 0 Å². The molecule has 0 spiro atoms. The van der Waals surface area contributed by atoms with E-state index in [2.05, 4.69) is 15.6 Å². The van der Waals surface area contributed by atoms with Gasteiger partial charge in [0, 0.05) is 19.3 Å². The number of carbonyl (C=O) groups excluding carboxylic acids is 1. The summed E-state index contributed by atoms with van der Waals surface area (Å²) in [4.78, 5) is 11.0. The minimum atomic E-state index is -0.105. The van der Waals surface area contributed by atoms with Gasteiger partial charge in [-0.05, 0) is 6.92 Å². The molecule has 0 unspecified atom stereocenters. The number of amides is 1. The summed E-state index contributed by atoms with van der Waals surface area (Å²) >= 11 is 0. The lowest BCUT2D eigenvalue weighted by molar-refractivity contribution is -0.125. The summed E-state index contributed by atoms with van der Waals surface area (Å²) in [7, 11) is 0. The SMILES string of the molecule is CCOCC(=O)NCCn1ccnn1. The molecule has 1 amide bonds. The van der Waals surface area contributed by atoms with E-state index in [1.807, 2.05) is 6.92 Å². The van der Waals surface area contributed by atoms with Crippen LogP contribution >= 0.6 is 0 Å². The fraction of sp³-hybridized carbons (Fsp3) is 0.625. The van der Waals surface area contributed by atoms with E-state index in [0.717, 1.165) is 0 Å². The molecule has 1 rings (SSSR count). The first-order valence-corrected chi connectivity index (χ1v) is 4.51. The summed E-state index contributed by atoms with van der Waals surface area (Å²) in [6.07, 6.45) is 3.34. The summed E-state index contributed by atoms with van der Waals surface area (Å²) in [5.41, 5.74) is 0. The average molecular weight is 198 g/mol. The van der Waals surface area contributed by atoms with E-state index in [0.29, 0.717) is 19.7 Å². The van der Waals surface area contributed by atoms with Crippen LogP contribution in [0.25, 0.3) is 0 Å². The standard InChI is InChI=1S/C8H14N4O2/c1-2-14-7-8(13)9-3-5-12-6-4-10-11-12/h4,6H,2-3,5,7H2,1H3,(H,9,13). The first-order valence-electron chi connectivity index (χ1n) is 4.51. The molecule has 0 fully saturated rings. The molecule has 0 aliphatic heterocycles. The Bertz CT molecular complexity index is 260. The summed E-state index contributed by atoms with van der Waals surface area (Å²) in [6, 6.07) is 0. The van der Waals surface area contributed by atoms with Gasteiger partial charge in [0.25, 0.3) is 0 Å². The largest absolute Gasteiger partial charge is 0.372 e. The minimum Gasteiger partial charge on any atom is -0.372 e. The molecule has 0 aromatic carbocycles. The van der Waals surface area contributed by atoms with E-state index >= 15 is 0 Å². The van der Waals surface area contributed by atoms with Gasteiger partial charge in [0.1, 0.15) is 6.61 Å². The van der Waals surface area contributed by atoms with Crippen LogP contribution in [0.2, 0.25) is 0 Å². The van der Waals surface area contributed by atoms with Gasteiger partial charge in [-0.1, -0.05) is 5.21 Å². The zero-order valence-corrected chi connectivity index (χ0v) is 8.14. The van der Waals surface area contributed by atoms with E-state index in [1.165, 1.54) is 0 Å². The fourth-order valence-electron chi connectivity index (χ4n) is 0.908. The quantitative estimate of drug-likeness (QED) is 0.664. The van der Waals surface area contributed by atoms with Crippen molar-refractivity contribution in [1.29, 1.82) is 0 Å². The molecule has 6 nitrogen and oxygen atoms in total. The van der Waals surface area contributed by atoms with Gasteiger partial charge in [-0.15, -0.1) is 5.10 Å². The number of hydrogen-bond acceptors (Lipinski definition) is 4. The molecule has 1 N–H and O–H groups in total. The van der Waals surface area contributed by atoms with E-state index in [-0.39, 0.29) is 12.5 Å². The van der Waals surface area contributed by atoms with E-state index < -0.39 is 0 Å². The minimum absolute atomic E-state index is 0.105. The third-order valence-corrected chi connectivity index (χ3v) is 1.57. The lowest BCUT2D eigenvalue weighted by Crippen LogP contribution is -2.30. The molecular formula is C8H14N4O2. The number of carbonyl (C=O) groups is 1. The van der Waals surface area contributed by atoms with Gasteiger partial charge in [-0.3, -0.25) is 9.48 Å². The zero-order chi connectivity index (χ0) is 10.2. The maximum absolute atomic E-state index is 11.0. The maximum Gasteiger partial charge on any atom is 0.246 e. The predicted octanol–water partition coefficient (Wildman–Crippen LogP) is -0.569. The molecule has 0 atom stereocenters. The Balaban J connectivity index is 2.06. The van der Waals surface area contributed by atoms with Gasteiger partial charge >= 0.3 is 0 Å². The first kappa shape index (κ1) is 10.6.